The van der Waals surface area contributed by atoms with Gasteiger partial charge in [-0.15, -0.1) is 0 Å². The highest BCUT2D eigenvalue weighted by molar-refractivity contribution is 5.94. The van der Waals surface area contributed by atoms with Crippen LogP contribution >= 0.6 is 0 Å². The molecule has 3 heterocycles. The Morgan fingerprint density at radius 2 is 2.04 bits per heavy atom. The van der Waals surface area contributed by atoms with Crippen LogP contribution in [0.2, 0.25) is 0 Å². The monoisotopic (exact) mass is 368 g/mol. The number of hydrogen-bond donors (Lipinski definition) is 0. The van der Waals surface area contributed by atoms with Gasteiger partial charge in [0.2, 0.25) is 5.88 Å². The molecule has 27 heavy (non-hydrogen) atoms. The first-order chi connectivity index (χ1) is 13.2. The molecule has 0 unspecified atom stereocenters. The second-order valence-corrected chi connectivity index (χ2v) is 6.82. The smallest absolute Gasteiger partial charge is 0.254 e. The molecule has 0 saturated carbocycles. The Balaban J connectivity index is 1.76. The molecule has 0 aromatic carbocycles. The van der Waals surface area contributed by atoms with E-state index in [0.29, 0.717) is 18.0 Å². The average Bonchev–Trinajstić information content (AvgIpc) is 2.75. The molecule has 3 rings (SSSR count). The highest BCUT2D eigenvalue weighted by Gasteiger charge is 2.28. The number of piperidine rings is 1. The van der Waals surface area contributed by atoms with Crippen LogP contribution in [-0.4, -0.2) is 65.0 Å². The summed E-state index contributed by atoms with van der Waals surface area (Å²) in [4.78, 5) is 26.3. The van der Waals surface area contributed by atoms with Gasteiger partial charge in [-0.05, 0) is 37.6 Å². The molecule has 0 radical (unpaired) electrons. The van der Waals surface area contributed by atoms with Crippen molar-refractivity contribution in [1.82, 2.24) is 19.8 Å². The zero-order valence-corrected chi connectivity index (χ0v) is 16.2. The summed E-state index contributed by atoms with van der Waals surface area (Å²) < 4.78 is 5.19. The number of aromatic nitrogens is 2. The molecule has 6 nitrogen and oxygen atoms in total. The highest BCUT2D eigenvalue weighted by atomic mass is 16.5. The van der Waals surface area contributed by atoms with Gasteiger partial charge in [-0.1, -0.05) is 13.0 Å². The van der Waals surface area contributed by atoms with Gasteiger partial charge in [0.1, 0.15) is 0 Å². The molecule has 1 amide bonds. The number of nitrogens with zero attached hydrogens (tertiary/aromatic N) is 4. The maximum Gasteiger partial charge on any atom is 0.254 e. The SMILES string of the molecule is CCN1CCC(N(CCc2ccccn2)C(=O)c2ccnc(OC)c2)CC1. The Morgan fingerprint density at radius 1 is 1.22 bits per heavy atom. The largest absolute Gasteiger partial charge is 0.481 e. The van der Waals surface area contributed by atoms with Crippen molar-refractivity contribution < 1.29 is 9.53 Å². The molecule has 2 aromatic heterocycles. The second-order valence-electron chi connectivity index (χ2n) is 6.82. The molecular weight excluding hydrogens is 340 g/mol. The van der Waals surface area contributed by atoms with E-state index < -0.39 is 0 Å². The van der Waals surface area contributed by atoms with Crippen molar-refractivity contribution >= 4 is 5.91 Å². The molecule has 0 spiro atoms. The number of carbonyl (C=O) groups is 1. The van der Waals surface area contributed by atoms with Crippen molar-refractivity contribution in [3.8, 4) is 5.88 Å². The van der Waals surface area contributed by atoms with Crippen LogP contribution in [-0.2, 0) is 6.42 Å². The number of methoxy groups -OCH3 is 1. The third-order valence-corrected chi connectivity index (χ3v) is 5.23. The summed E-state index contributed by atoms with van der Waals surface area (Å²) in [6, 6.07) is 9.65. The second kappa shape index (κ2) is 9.46. The quantitative estimate of drug-likeness (QED) is 0.752. The van der Waals surface area contributed by atoms with Crippen LogP contribution in [0.1, 0.15) is 35.8 Å². The predicted octanol–water partition coefficient (Wildman–Crippen LogP) is 2.65. The van der Waals surface area contributed by atoms with Crippen molar-refractivity contribution in [2.45, 2.75) is 32.2 Å². The van der Waals surface area contributed by atoms with Crippen LogP contribution in [0.5, 0.6) is 5.88 Å². The molecule has 144 valence electrons. The summed E-state index contributed by atoms with van der Waals surface area (Å²) in [6.07, 6.45) is 6.19. The summed E-state index contributed by atoms with van der Waals surface area (Å²) in [5, 5.41) is 0. The van der Waals surface area contributed by atoms with E-state index in [4.69, 9.17) is 4.74 Å². The van der Waals surface area contributed by atoms with Gasteiger partial charge in [-0.3, -0.25) is 9.78 Å². The molecular formula is C21H28N4O2. The van der Waals surface area contributed by atoms with Gasteiger partial charge in [-0.25, -0.2) is 4.98 Å². The molecule has 0 aliphatic carbocycles. The van der Waals surface area contributed by atoms with E-state index in [2.05, 4.69) is 21.8 Å². The lowest BCUT2D eigenvalue weighted by molar-refractivity contribution is 0.0579. The van der Waals surface area contributed by atoms with Gasteiger partial charge in [0.15, 0.2) is 0 Å². The molecule has 0 N–H and O–H groups in total. The summed E-state index contributed by atoms with van der Waals surface area (Å²) in [5.41, 5.74) is 1.63. The van der Waals surface area contributed by atoms with Crippen molar-refractivity contribution in [3.05, 3.63) is 54.0 Å². The maximum absolute atomic E-state index is 13.3. The number of likely N-dealkylation sites (tertiary alicyclic amines) is 1. The van der Waals surface area contributed by atoms with Crippen molar-refractivity contribution in [2.75, 3.05) is 33.3 Å². The summed E-state index contributed by atoms with van der Waals surface area (Å²) >= 11 is 0. The highest BCUT2D eigenvalue weighted by Crippen LogP contribution is 2.20. The lowest BCUT2D eigenvalue weighted by atomic mass is 10.0. The lowest BCUT2D eigenvalue weighted by Crippen LogP contribution is -2.48. The summed E-state index contributed by atoms with van der Waals surface area (Å²) in [7, 11) is 1.57. The van der Waals surface area contributed by atoms with Gasteiger partial charge in [0.05, 0.1) is 7.11 Å². The first-order valence-electron chi connectivity index (χ1n) is 9.64. The minimum Gasteiger partial charge on any atom is -0.481 e. The zero-order chi connectivity index (χ0) is 19.1. The van der Waals surface area contributed by atoms with Crippen LogP contribution in [0, 0.1) is 0 Å². The third kappa shape index (κ3) is 5.04. The fourth-order valence-electron chi connectivity index (χ4n) is 3.60. The lowest BCUT2D eigenvalue weighted by Gasteiger charge is -2.38. The van der Waals surface area contributed by atoms with Crippen LogP contribution in [0.4, 0.5) is 0 Å². The Labute approximate surface area is 161 Å². The van der Waals surface area contributed by atoms with Crippen molar-refractivity contribution in [2.24, 2.45) is 0 Å². The third-order valence-electron chi connectivity index (χ3n) is 5.23. The summed E-state index contributed by atoms with van der Waals surface area (Å²) in [5.74, 6) is 0.507. The van der Waals surface area contributed by atoms with E-state index in [1.807, 2.05) is 23.1 Å². The maximum atomic E-state index is 13.3. The van der Waals surface area contributed by atoms with Gasteiger partial charge >= 0.3 is 0 Å². The van der Waals surface area contributed by atoms with Crippen molar-refractivity contribution in [3.63, 3.8) is 0 Å². The van der Waals surface area contributed by atoms with Crippen LogP contribution < -0.4 is 4.74 Å². The number of hydrogen-bond acceptors (Lipinski definition) is 5. The number of pyridine rings is 2. The Morgan fingerprint density at radius 3 is 2.70 bits per heavy atom. The molecule has 0 bridgehead atoms. The van der Waals surface area contributed by atoms with Crippen molar-refractivity contribution in [1.29, 1.82) is 0 Å². The predicted molar refractivity (Wildman–Crippen MR) is 105 cm³/mol. The minimum absolute atomic E-state index is 0.0431. The van der Waals surface area contributed by atoms with E-state index in [9.17, 15) is 4.79 Å². The number of carbonyl (C=O) groups excluding carboxylic acids is 1. The number of amides is 1. The van der Waals surface area contributed by atoms with E-state index in [1.165, 1.54) is 0 Å². The van der Waals surface area contributed by atoms with Gasteiger partial charge in [0.25, 0.3) is 5.91 Å². The molecule has 2 aromatic rings. The standard InChI is InChI=1S/C21H28N4O2/c1-3-24-13-9-19(10-14-24)25(15-8-18-6-4-5-11-22-18)21(26)17-7-12-23-20(16-17)27-2/h4-7,11-12,16,19H,3,8-10,13-15H2,1-2H3. The average molecular weight is 368 g/mol. The fourth-order valence-corrected chi connectivity index (χ4v) is 3.60. The van der Waals surface area contributed by atoms with Gasteiger partial charge in [0, 0.05) is 61.8 Å². The van der Waals surface area contributed by atoms with Crippen LogP contribution in [0.25, 0.3) is 0 Å². The first-order valence-corrected chi connectivity index (χ1v) is 9.64. The molecule has 1 fully saturated rings. The van der Waals surface area contributed by atoms with E-state index in [1.54, 1.807) is 31.6 Å². The normalized spacial score (nSPS) is 15.5. The Hall–Kier alpha value is -2.47. The van der Waals surface area contributed by atoms with Gasteiger partial charge < -0.3 is 14.5 Å². The minimum atomic E-state index is 0.0431. The first kappa shape index (κ1) is 19.3. The molecule has 1 aliphatic rings. The summed E-state index contributed by atoms with van der Waals surface area (Å²) in [6.45, 7) is 5.99. The van der Waals surface area contributed by atoms with E-state index >= 15 is 0 Å². The van der Waals surface area contributed by atoms with Gasteiger partial charge in [-0.2, -0.15) is 0 Å². The zero-order valence-electron chi connectivity index (χ0n) is 16.2. The molecule has 6 heteroatoms. The van der Waals surface area contributed by atoms with Crippen LogP contribution in [0.3, 0.4) is 0 Å². The number of ether oxygens (including phenoxy) is 1. The Kier molecular flexibility index (Phi) is 6.76. The van der Waals surface area contributed by atoms with Crippen LogP contribution in [0.15, 0.2) is 42.7 Å². The number of rotatable bonds is 7. The molecule has 1 saturated heterocycles. The topological polar surface area (TPSA) is 58.6 Å². The Bertz CT molecular complexity index is 730. The van der Waals surface area contributed by atoms with E-state index in [0.717, 1.165) is 44.6 Å². The van der Waals surface area contributed by atoms with E-state index in [-0.39, 0.29) is 11.9 Å². The fraction of sp³-hybridized carbons (Fsp3) is 0.476. The molecule has 0 atom stereocenters. The molecule has 1 aliphatic heterocycles.